The van der Waals surface area contributed by atoms with Crippen LogP contribution in [0.2, 0.25) is 0 Å². The van der Waals surface area contributed by atoms with Crippen molar-refractivity contribution in [3.05, 3.63) is 70.1 Å². The van der Waals surface area contributed by atoms with E-state index in [0.717, 1.165) is 32.0 Å². The molecule has 2 aromatic rings. The number of hydrogen-bond acceptors (Lipinski definition) is 7. The maximum Gasteiger partial charge on any atom is 0.266 e. The van der Waals surface area contributed by atoms with Crippen LogP contribution in [-0.4, -0.2) is 76.5 Å². The first-order chi connectivity index (χ1) is 16.7. The van der Waals surface area contributed by atoms with Crippen LogP contribution in [0.5, 0.6) is 0 Å². The second kappa shape index (κ2) is 12.6. The summed E-state index contributed by atoms with van der Waals surface area (Å²) in [5.41, 5.74) is 1.95. The molecular formula is C25H26N2NaO4S4. The fourth-order valence-electron chi connectivity index (χ4n) is 4.01. The molecule has 11 heteroatoms. The third kappa shape index (κ3) is 6.66. The molecule has 1 saturated heterocycles. The van der Waals surface area contributed by atoms with Crippen molar-refractivity contribution in [2.75, 3.05) is 23.7 Å². The maximum atomic E-state index is 12.7. The predicted molar refractivity (Wildman–Crippen MR) is 156 cm³/mol. The summed E-state index contributed by atoms with van der Waals surface area (Å²) in [7, 11) is -4.02. The number of anilines is 1. The third-order valence-corrected chi connectivity index (χ3v) is 9.18. The molecule has 1 N–H and O–H groups in total. The molecule has 0 bridgehead atoms. The van der Waals surface area contributed by atoms with Gasteiger partial charge in [-0.05, 0) is 54.3 Å². The van der Waals surface area contributed by atoms with Gasteiger partial charge < -0.3 is 4.90 Å². The first kappa shape index (κ1) is 29.4. The monoisotopic (exact) mass is 569 g/mol. The summed E-state index contributed by atoms with van der Waals surface area (Å²) >= 11 is 8.31. The minimum atomic E-state index is -4.02. The van der Waals surface area contributed by atoms with Crippen molar-refractivity contribution < 1.29 is 17.8 Å². The van der Waals surface area contributed by atoms with Gasteiger partial charge in [-0.1, -0.05) is 79.1 Å². The molecule has 2 aromatic carbocycles. The third-order valence-electron chi connectivity index (χ3n) is 5.76. The van der Waals surface area contributed by atoms with Gasteiger partial charge in [0.15, 0.2) is 0 Å². The number of rotatable bonds is 8. The van der Waals surface area contributed by atoms with Gasteiger partial charge >= 0.3 is 0 Å². The summed E-state index contributed by atoms with van der Waals surface area (Å²) in [5, 5.41) is 3.20. The van der Waals surface area contributed by atoms with Crippen molar-refractivity contribution in [2.45, 2.75) is 31.6 Å². The van der Waals surface area contributed by atoms with Gasteiger partial charge in [0.2, 0.25) is 0 Å². The van der Waals surface area contributed by atoms with E-state index < -0.39 is 10.1 Å². The average Bonchev–Trinajstić information content (AvgIpc) is 3.29. The van der Waals surface area contributed by atoms with Crippen LogP contribution < -0.4 is 4.90 Å². The van der Waals surface area contributed by atoms with Gasteiger partial charge in [-0.25, -0.2) is 0 Å². The van der Waals surface area contributed by atoms with E-state index in [4.69, 9.17) is 12.2 Å². The van der Waals surface area contributed by atoms with Crippen molar-refractivity contribution in [1.29, 1.82) is 0 Å². The fraction of sp³-hybridized carbons (Fsp3) is 0.280. The minimum absolute atomic E-state index is 0. The number of allylic oxidation sites excluding steroid dienone is 4. The van der Waals surface area contributed by atoms with E-state index in [1.165, 1.54) is 11.8 Å². The molecule has 185 valence electrons. The fourth-order valence-corrected chi connectivity index (χ4v) is 7.14. The Morgan fingerprint density at radius 1 is 1.11 bits per heavy atom. The molecule has 2 aliphatic rings. The quantitative estimate of drug-likeness (QED) is 0.191. The number of nitrogens with zero attached hydrogens (tertiary/aromatic N) is 2. The molecule has 0 aromatic heterocycles. The normalized spacial score (nSPS) is 18.5. The van der Waals surface area contributed by atoms with E-state index in [0.29, 0.717) is 35.2 Å². The number of likely N-dealkylation sites (N-methyl/N-ethyl adjacent to an activating group) is 1. The zero-order chi connectivity index (χ0) is 25.2. The van der Waals surface area contributed by atoms with E-state index in [2.05, 4.69) is 29.2 Å². The van der Waals surface area contributed by atoms with Crippen LogP contribution in [0, 0.1) is 0 Å². The molecule has 0 aliphatic carbocycles. The first-order valence-corrected chi connectivity index (χ1v) is 15.0. The number of hydrogen-bond donors (Lipinski definition) is 1. The topological polar surface area (TPSA) is 77.9 Å². The summed E-state index contributed by atoms with van der Waals surface area (Å²) in [6.07, 6.45) is 6.86. The number of thioether (sulfide) groups is 2. The Bertz CT molecular complexity index is 1390. The molecule has 36 heavy (non-hydrogen) atoms. The Labute approximate surface area is 248 Å². The summed E-state index contributed by atoms with van der Waals surface area (Å²) < 4.78 is 32.3. The second-order valence-electron chi connectivity index (χ2n) is 8.05. The standard InChI is InChI=1S/C25H26N2O4S4.Na/c1-3-17(23-24(28)26(4-2)25(32)34-23)11-7-12-22-27(13-8-14-35(29,30)31)20-15-18-9-5-6-10-19(18)16-21(20)33-22;/h5-7,9-12,15-16H,3-4,8,13-14H2,1-2H3,(H,29,30,31);. The number of amides is 1. The molecule has 1 amide bonds. The van der Waals surface area contributed by atoms with E-state index in [1.807, 2.05) is 44.2 Å². The Morgan fingerprint density at radius 3 is 2.42 bits per heavy atom. The largest absolute Gasteiger partial charge is 0.335 e. The Morgan fingerprint density at radius 2 is 1.81 bits per heavy atom. The van der Waals surface area contributed by atoms with E-state index in [9.17, 15) is 17.8 Å². The first-order valence-electron chi connectivity index (χ1n) is 11.3. The van der Waals surface area contributed by atoms with Crippen molar-refractivity contribution in [1.82, 2.24) is 4.90 Å². The Hall–Kier alpha value is -1.11. The van der Waals surface area contributed by atoms with Gasteiger partial charge in [0.05, 0.1) is 21.4 Å². The maximum absolute atomic E-state index is 12.7. The summed E-state index contributed by atoms with van der Waals surface area (Å²) in [6, 6.07) is 12.4. The predicted octanol–water partition coefficient (Wildman–Crippen LogP) is 5.59. The zero-order valence-electron chi connectivity index (χ0n) is 20.4. The Kier molecular flexibility index (Phi) is 10.3. The SMILES string of the molecule is CCC(C=CC=C1Sc2cc3ccccc3cc2N1CCCS(=O)(=O)O)=C1SC(=S)N(CC)C1=O.[Na]. The van der Waals surface area contributed by atoms with E-state index in [-0.39, 0.29) is 41.2 Å². The number of carbonyl (C=O) groups excluding carboxylic acids is 1. The van der Waals surface area contributed by atoms with Crippen LogP contribution in [-0.2, 0) is 14.9 Å². The molecule has 1 fully saturated rings. The van der Waals surface area contributed by atoms with Crippen LogP contribution in [0.15, 0.2) is 75.0 Å². The number of carbonyl (C=O) groups is 1. The summed E-state index contributed by atoms with van der Waals surface area (Å²) in [6.45, 7) is 4.93. The molecule has 6 nitrogen and oxygen atoms in total. The van der Waals surface area contributed by atoms with Crippen molar-refractivity contribution >= 4 is 102 Å². The van der Waals surface area contributed by atoms with Crippen LogP contribution >= 0.6 is 35.7 Å². The summed E-state index contributed by atoms with van der Waals surface area (Å²) in [5.74, 6) is -0.336. The van der Waals surface area contributed by atoms with Gasteiger partial charge in [0.1, 0.15) is 4.32 Å². The molecule has 2 heterocycles. The molecule has 0 spiro atoms. The molecule has 0 unspecified atom stereocenters. The number of thiocarbonyl (C=S) groups is 1. The smallest absolute Gasteiger partial charge is 0.266 e. The van der Waals surface area contributed by atoms with Crippen LogP contribution in [0.3, 0.4) is 0 Å². The molecule has 0 atom stereocenters. The second-order valence-corrected chi connectivity index (χ2v) is 12.3. The molecule has 2 aliphatic heterocycles. The summed E-state index contributed by atoms with van der Waals surface area (Å²) in [4.78, 5) is 18.2. The minimum Gasteiger partial charge on any atom is -0.335 e. The van der Waals surface area contributed by atoms with Gasteiger partial charge in [-0.3, -0.25) is 14.2 Å². The molecule has 0 saturated carbocycles. The van der Waals surface area contributed by atoms with Crippen LogP contribution in [0.1, 0.15) is 26.7 Å². The van der Waals surface area contributed by atoms with Crippen molar-refractivity contribution in [3.63, 3.8) is 0 Å². The van der Waals surface area contributed by atoms with Crippen LogP contribution in [0.25, 0.3) is 10.8 Å². The number of benzene rings is 2. The van der Waals surface area contributed by atoms with E-state index >= 15 is 0 Å². The zero-order valence-corrected chi connectivity index (χ0v) is 25.7. The van der Waals surface area contributed by atoms with Gasteiger partial charge in [-0.15, -0.1) is 0 Å². The Balaban J connectivity index is 0.00000361. The molecular weight excluding hydrogens is 544 g/mol. The molecule has 1 radical (unpaired) electrons. The number of fused-ring (bicyclic) bond motifs is 2. The van der Waals surface area contributed by atoms with E-state index in [1.54, 1.807) is 16.7 Å². The van der Waals surface area contributed by atoms with Crippen molar-refractivity contribution in [2.24, 2.45) is 0 Å². The van der Waals surface area contributed by atoms with Crippen molar-refractivity contribution in [3.8, 4) is 0 Å². The average molecular weight is 570 g/mol. The van der Waals surface area contributed by atoms with Gasteiger partial charge in [0, 0.05) is 47.5 Å². The molecule has 4 rings (SSSR count). The van der Waals surface area contributed by atoms with Gasteiger partial charge in [-0.2, -0.15) is 8.42 Å². The van der Waals surface area contributed by atoms with Crippen LogP contribution in [0.4, 0.5) is 5.69 Å². The van der Waals surface area contributed by atoms with Gasteiger partial charge in [0.25, 0.3) is 16.0 Å².